The Balaban J connectivity index is 2.35. The van der Waals surface area contributed by atoms with E-state index in [1.54, 1.807) is 11.3 Å². The van der Waals surface area contributed by atoms with E-state index in [2.05, 4.69) is 15.0 Å². The smallest absolute Gasteiger partial charge is 0.321 e. The third kappa shape index (κ3) is 2.71. The molecule has 0 saturated carbocycles. The number of aryl methyl sites for hydroxylation is 1. The summed E-state index contributed by atoms with van der Waals surface area (Å²) in [4.78, 5) is 13.5. The first kappa shape index (κ1) is 11.8. The summed E-state index contributed by atoms with van der Waals surface area (Å²) in [7, 11) is 0. The van der Waals surface area contributed by atoms with Crippen LogP contribution in [0, 0.1) is 6.92 Å². The quantitative estimate of drug-likeness (QED) is 0.901. The van der Waals surface area contributed by atoms with Crippen LogP contribution in [-0.4, -0.2) is 21.6 Å². The van der Waals surface area contributed by atoms with Gasteiger partial charge in [-0.3, -0.25) is 0 Å². The molecule has 0 radical (unpaired) electrons. The number of anilines is 1. The molecule has 0 aliphatic heterocycles. The number of ether oxygens (including phenoxy) is 1. The molecule has 2 rings (SSSR count). The fourth-order valence-corrected chi connectivity index (χ4v) is 2.06. The van der Waals surface area contributed by atoms with Gasteiger partial charge in [0.25, 0.3) is 0 Å². The number of aromatic nitrogens is 3. The fourth-order valence-electron chi connectivity index (χ4n) is 1.37. The molecule has 6 heteroatoms. The molecule has 2 heterocycles. The zero-order valence-electron chi connectivity index (χ0n) is 9.80. The average molecular weight is 250 g/mol. The Morgan fingerprint density at radius 3 is 2.82 bits per heavy atom. The van der Waals surface area contributed by atoms with E-state index in [9.17, 15) is 0 Å². The summed E-state index contributed by atoms with van der Waals surface area (Å²) in [6, 6.07) is 2.26. The lowest BCUT2D eigenvalue weighted by Crippen LogP contribution is -2.05. The highest BCUT2D eigenvalue weighted by Crippen LogP contribution is 2.25. The lowest BCUT2D eigenvalue weighted by Gasteiger charge is -2.05. The molecular weight excluding hydrogens is 236 g/mol. The van der Waals surface area contributed by atoms with Gasteiger partial charge in [0.05, 0.1) is 6.61 Å². The number of nitrogens with zero attached hydrogens (tertiary/aromatic N) is 3. The minimum absolute atomic E-state index is 0.187. The number of nitrogens with two attached hydrogens (primary N) is 1. The number of rotatable bonds is 4. The Kier molecular flexibility index (Phi) is 3.53. The van der Waals surface area contributed by atoms with E-state index in [0.717, 1.165) is 16.9 Å². The van der Waals surface area contributed by atoms with Gasteiger partial charge in [-0.15, -0.1) is 11.3 Å². The van der Waals surface area contributed by atoms with Crippen molar-refractivity contribution in [2.45, 2.75) is 20.3 Å². The van der Waals surface area contributed by atoms with Crippen molar-refractivity contribution < 1.29 is 4.74 Å². The SMILES string of the molecule is CCCOc1nc(N)nc(-c2ccsc2C)n1. The van der Waals surface area contributed by atoms with E-state index >= 15 is 0 Å². The van der Waals surface area contributed by atoms with Gasteiger partial charge >= 0.3 is 6.01 Å². The van der Waals surface area contributed by atoms with Crippen molar-refractivity contribution in [2.24, 2.45) is 0 Å². The second kappa shape index (κ2) is 5.09. The van der Waals surface area contributed by atoms with Gasteiger partial charge in [0.2, 0.25) is 5.95 Å². The van der Waals surface area contributed by atoms with Crippen LogP contribution >= 0.6 is 11.3 Å². The first-order valence-corrected chi connectivity index (χ1v) is 6.27. The molecule has 0 unspecified atom stereocenters. The van der Waals surface area contributed by atoms with Crippen molar-refractivity contribution in [1.29, 1.82) is 0 Å². The van der Waals surface area contributed by atoms with E-state index in [1.165, 1.54) is 0 Å². The Bertz CT molecular complexity index is 512. The molecule has 17 heavy (non-hydrogen) atoms. The third-order valence-corrected chi connectivity index (χ3v) is 3.01. The fraction of sp³-hybridized carbons (Fsp3) is 0.364. The number of hydrogen-bond donors (Lipinski definition) is 1. The maximum atomic E-state index is 5.65. The molecule has 0 atom stereocenters. The highest BCUT2D eigenvalue weighted by molar-refractivity contribution is 7.10. The summed E-state index contributed by atoms with van der Waals surface area (Å²) in [5.41, 5.74) is 6.63. The van der Waals surface area contributed by atoms with Gasteiger partial charge < -0.3 is 10.5 Å². The predicted molar refractivity (Wildman–Crippen MR) is 68.1 cm³/mol. The van der Waals surface area contributed by atoms with Crippen LogP contribution in [0.1, 0.15) is 18.2 Å². The number of hydrogen-bond acceptors (Lipinski definition) is 6. The van der Waals surface area contributed by atoms with E-state index in [1.807, 2.05) is 25.3 Å². The third-order valence-electron chi connectivity index (χ3n) is 2.17. The molecule has 2 aromatic heterocycles. The molecule has 5 nitrogen and oxygen atoms in total. The van der Waals surface area contributed by atoms with Crippen LogP contribution in [0.5, 0.6) is 6.01 Å². The van der Waals surface area contributed by atoms with Gasteiger partial charge in [0.1, 0.15) is 0 Å². The number of thiophene rings is 1. The molecule has 2 N–H and O–H groups in total. The predicted octanol–water partition coefficient (Wildman–Crippen LogP) is 2.28. The molecule has 0 aliphatic rings. The van der Waals surface area contributed by atoms with Gasteiger partial charge in [0, 0.05) is 10.4 Å². The van der Waals surface area contributed by atoms with Crippen LogP contribution in [0.2, 0.25) is 0 Å². The van der Waals surface area contributed by atoms with Gasteiger partial charge in [0.15, 0.2) is 5.82 Å². The normalized spacial score (nSPS) is 10.5. The van der Waals surface area contributed by atoms with Gasteiger partial charge in [-0.05, 0) is 24.8 Å². The highest BCUT2D eigenvalue weighted by Gasteiger charge is 2.10. The summed E-state index contributed by atoms with van der Waals surface area (Å²) < 4.78 is 5.38. The van der Waals surface area contributed by atoms with Crippen molar-refractivity contribution in [3.8, 4) is 17.4 Å². The van der Waals surface area contributed by atoms with Crippen LogP contribution < -0.4 is 10.5 Å². The number of nitrogen functional groups attached to an aromatic ring is 1. The van der Waals surface area contributed by atoms with Crippen molar-refractivity contribution in [2.75, 3.05) is 12.3 Å². The zero-order chi connectivity index (χ0) is 12.3. The Morgan fingerprint density at radius 2 is 2.18 bits per heavy atom. The zero-order valence-corrected chi connectivity index (χ0v) is 10.6. The van der Waals surface area contributed by atoms with Gasteiger partial charge in [-0.1, -0.05) is 6.92 Å². The van der Waals surface area contributed by atoms with Gasteiger partial charge in [-0.2, -0.15) is 15.0 Å². The van der Waals surface area contributed by atoms with Crippen LogP contribution in [0.4, 0.5) is 5.95 Å². The van der Waals surface area contributed by atoms with Crippen LogP contribution in [0.15, 0.2) is 11.4 Å². The second-order valence-corrected chi connectivity index (χ2v) is 4.66. The Labute approximate surface area is 104 Å². The maximum absolute atomic E-state index is 5.65. The highest BCUT2D eigenvalue weighted by atomic mass is 32.1. The summed E-state index contributed by atoms with van der Waals surface area (Å²) in [6.07, 6.45) is 0.901. The Hall–Kier alpha value is -1.69. The maximum Gasteiger partial charge on any atom is 0.321 e. The monoisotopic (exact) mass is 250 g/mol. The largest absolute Gasteiger partial charge is 0.463 e. The standard InChI is InChI=1S/C11H14N4OS/c1-3-5-16-11-14-9(13-10(12)15-11)8-4-6-17-7(8)2/h4,6H,3,5H2,1-2H3,(H2,12,13,14,15). The first-order chi connectivity index (χ1) is 8.20. The first-order valence-electron chi connectivity index (χ1n) is 5.39. The topological polar surface area (TPSA) is 73.9 Å². The van der Waals surface area contributed by atoms with Crippen LogP contribution in [0.25, 0.3) is 11.4 Å². The minimum Gasteiger partial charge on any atom is -0.463 e. The molecule has 0 aliphatic carbocycles. The summed E-state index contributed by atoms with van der Waals surface area (Å²) in [6.45, 7) is 4.62. The van der Waals surface area contributed by atoms with E-state index in [-0.39, 0.29) is 5.95 Å². The van der Waals surface area contributed by atoms with E-state index in [4.69, 9.17) is 10.5 Å². The van der Waals surface area contributed by atoms with Gasteiger partial charge in [-0.25, -0.2) is 0 Å². The summed E-state index contributed by atoms with van der Waals surface area (Å²) >= 11 is 1.65. The molecule has 2 aromatic rings. The Morgan fingerprint density at radius 1 is 1.35 bits per heavy atom. The van der Waals surface area contributed by atoms with Crippen molar-refractivity contribution >= 4 is 17.3 Å². The van der Waals surface area contributed by atoms with Crippen LogP contribution in [-0.2, 0) is 0 Å². The van der Waals surface area contributed by atoms with Crippen molar-refractivity contribution in [3.63, 3.8) is 0 Å². The summed E-state index contributed by atoms with van der Waals surface area (Å²) in [5, 5.41) is 2.00. The molecule has 0 spiro atoms. The van der Waals surface area contributed by atoms with Crippen LogP contribution in [0.3, 0.4) is 0 Å². The molecule has 0 aromatic carbocycles. The van der Waals surface area contributed by atoms with Crippen molar-refractivity contribution in [3.05, 3.63) is 16.3 Å². The lowest BCUT2D eigenvalue weighted by atomic mass is 10.2. The molecule has 0 fully saturated rings. The van der Waals surface area contributed by atoms with Crippen molar-refractivity contribution in [1.82, 2.24) is 15.0 Å². The molecule has 90 valence electrons. The van der Waals surface area contributed by atoms with E-state index in [0.29, 0.717) is 18.4 Å². The van der Waals surface area contributed by atoms with E-state index < -0.39 is 0 Å². The molecule has 0 saturated heterocycles. The minimum atomic E-state index is 0.187. The average Bonchev–Trinajstić information content (AvgIpc) is 2.72. The molecular formula is C11H14N4OS. The summed E-state index contributed by atoms with van der Waals surface area (Å²) in [5.74, 6) is 0.758. The molecule has 0 amide bonds. The second-order valence-electron chi connectivity index (χ2n) is 3.54. The molecule has 0 bridgehead atoms. The lowest BCUT2D eigenvalue weighted by molar-refractivity contribution is 0.292.